The molecule has 7 nitrogen and oxygen atoms in total. The SMILES string of the molecule is Cc1ncsc1CCN(Cc1ccccc1)c1nc(C(=O)NS(C)(=O)=O)c(C)s1. The normalized spacial score (nSPS) is 11.4. The Labute approximate surface area is 178 Å². The molecule has 29 heavy (non-hydrogen) atoms. The number of thiazole rings is 2. The quantitative estimate of drug-likeness (QED) is 0.567. The van der Waals surface area contributed by atoms with Crippen molar-refractivity contribution in [2.75, 3.05) is 17.7 Å². The number of aromatic nitrogens is 2. The van der Waals surface area contributed by atoms with Crippen molar-refractivity contribution < 1.29 is 13.2 Å². The van der Waals surface area contributed by atoms with Crippen LogP contribution in [0, 0.1) is 13.8 Å². The second-order valence-corrected chi connectivity index (χ2v) is 10.5. The third-order valence-corrected chi connectivity index (χ3v) is 6.80. The Kier molecular flexibility index (Phi) is 6.66. The van der Waals surface area contributed by atoms with Gasteiger partial charge < -0.3 is 4.90 Å². The second kappa shape index (κ2) is 9.02. The molecule has 0 bridgehead atoms. The van der Waals surface area contributed by atoms with Crippen molar-refractivity contribution in [2.24, 2.45) is 0 Å². The summed E-state index contributed by atoms with van der Waals surface area (Å²) in [6.45, 7) is 5.11. The molecule has 1 N–H and O–H groups in total. The Bertz CT molecular complexity index is 1090. The second-order valence-electron chi connectivity index (χ2n) is 6.62. The van der Waals surface area contributed by atoms with Gasteiger partial charge in [0, 0.05) is 29.3 Å². The molecule has 2 heterocycles. The van der Waals surface area contributed by atoms with Crippen molar-refractivity contribution in [3.63, 3.8) is 0 Å². The van der Waals surface area contributed by atoms with Crippen molar-refractivity contribution in [1.82, 2.24) is 14.7 Å². The highest BCUT2D eigenvalue weighted by atomic mass is 32.2. The summed E-state index contributed by atoms with van der Waals surface area (Å²) in [5.74, 6) is -0.703. The van der Waals surface area contributed by atoms with Crippen molar-refractivity contribution >= 4 is 43.7 Å². The van der Waals surface area contributed by atoms with Crippen LogP contribution in [-0.2, 0) is 23.0 Å². The van der Waals surface area contributed by atoms with Gasteiger partial charge in [0.2, 0.25) is 10.0 Å². The molecular formula is C19H22N4O3S3. The van der Waals surface area contributed by atoms with E-state index < -0.39 is 15.9 Å². The number of amides is 1. The molecule has 2 aromatic heterocycles. The largest absolute Gasteiger partial charge is 0.343 e. The average molecular weight is 451 g/mol. The topological polar surface area (TPSA) is 92.3 Å². The van der Waals surface area contributed by atoms with Crippen LogP contribution in [-0.4, -0.2) is 37.1 Å². The van der Waals surface area contributed by atoms with Gasteiger partial charge in [-0.25, -0.2) is 23.1 Å². The molecule has 154 valence electrons. The van der Waals surface area contributed by atoms with Gasteiger partial charge in [0.1, 0.15) is 5.69 Å². The number of benzene rings is 1. The van der Waals surface area contributed by atoms with Gasteiger partial charge in [0.15, 0.2) is 5.13 Å². The van der Waals surface area contributed by atoms with E-state index in [1.54, 1.807) is 18.3 Å². The Hall–Kier alpha value is -2.30. The van der Waals surface area contributed by atoms with Crippen LogP contribution in [0.1, 0.15) is 31.5 Å². The first-order chi connectivity index (χ1) is 13.7. The number of aryl methyl sites for hydroxylation is 2. The van der Waals surface area contributed by atoms with Gasteiger partial charge in [0.25, 0.3) is 5.91 Å². The minimum Gasteiger partial charge on any atom is -0.343 e. The molecule has 0 saturated heterocycles. The van der Waals surface area contributed by atoms with E-state index in [2.05, 4.69) is 14.9 Å². The van der Waals surface area contributed by atoms with E-state index in [0.29, 0.717) is 23.1 Å². The summed E-state index contributed by atoms with van der Waals surface area (Å²) >= 11 is 3.01. The summed E-state index contributed by atoms with van der Waals surface area (Å²) in [5.41, 5.74) is 4.14. The van der Waals surface area contributed by atoms with Crippen molar-refractivity contribution in [1.29, 1.82) is 0 Å². The smallest absolute Gasteiger partial charge is 0.284 e. The Balaban J connectivity index is 1.86. The molecule has 0 aliphatic heterocycles. The number of nitrogens with zero attached hydrogens (tertiary/aromatic N) is 3. The molecule has 0 aliphatic carbocycles. The molecule has 3 aromatic rings. The molecule has 1 amide bonds. The van der Waals surface area contributed by atoms with Gasteiger partial charge in [-0.1, -0.05) is 30.3 Å². The lowest BCUT2D eigenvalue weighted by molar-refractivity contribution is 0.0977. The first-order valence-corrected chi connectivity index (χ1v) is 12.5. The fraction of sp³-hybridized carbons (Fsp3) is 0.316. The summed E-state index contributed by atoms with van der Waals surface area (Å²) < 4.78 is 24.8. The molecule has 3 rings (SSSR count). The minimum atomic E-state index is -3.65. The number of hydrogen-bond acceptors (Lipinski definition) is 8. The molecule has 10 heteroatoms. The van der Waals surface area contributed by atoms with Crippen LogP contribution in [0.4, 0.5) is 5.13 Å². The highest BCUT2D eigenvalue weighted by Gasteiger charge is 2.21. The lowest BCUT2D eigenvalue weighted by Gasteiger charge is -2.22. The standard InChI is InChI=1S/C19H22N4O3S3/c1-13-16(27-12-20-13)9-10-23(11-15-7-5-4-6-8-15)19-21-17(14(2)28-19)18(24)22-29(3,25)26/h4-8,12H,9-11H2,1-3H3,(H,22,24). The van der Waals surface area contributed by atoms with E-state index in [4.69, 9.17) is 0 Å². The highest BCUT2D eigenvalue weighted by Crippen LogP contribution is 2.28. The molecule has 0 spiro atoms. The third kappa shape index (κ3) is 5.84. The fourth-order valence-electron chi connectivity index (χ4n) is 2.79. The Morgan fingerprint density at radius 2 is 1.93 bits per heavy atom. The van der Waals surface area contributed by atoms with Crippen LogP contribution in [0.2, 0.25) is 0 Å². The number of rotatable bonds is 8. The van der Waals surface area contributed by atoms with Gasteiger partial charge in [0.05, 0.1) is 17.5 Å². The Morgan fingerprint density at radius 1 is 1.21 bits per heavy atom. The summed E-state index contributed by atoms with van der Waals surface area (Å²) in [7, 11) is -3.65. The van der Waals surface area contributed by atoms with E-state index in [1.807, 2.05) is 47.5 Å². The zero-order chi connectivity index (χ0) is 21.0. The number of nitrogens with one attached hydrogen (secondary N) is 1. The minimum absolute atomic E-state index is 0.141. The molecular weight excluding hydrogens is 428 g/mol. The first kappa shape index (κ1) is 21.4. The Morgan fingerprint density at radius 3 is 2.55 bits per heavy atom. The number of hydrogen-bond donors (Lipinski definition) is 1. The lowest BCUT2D eigenvalue weighted by Crippen LogP contribution is -2.30. The van der Waals surface area contributed by atoms with Gasteiger partial charge in [-0.3, -0.25) is 4.79 Å². The maximum atomic E-state index is 12.3. The van der Waals surface area contributed by atoms with E-state index in [-0.39, 0.29) is 5.69 Å². The molecule has 0 fully saturated rings. The van der Waals surface area contributed by atoms with Crippen LogP contribution < -0.4 is 9.62 Å². The number of sulfonamides is 1. The molecule has 0 atom stereocenters. The number of carbonyl (C=O) groups excluding carboxylic acids is 1. The predicted octanol–water partition coefficient (Wildman–Crippen LogP) is 3.16. The monoisotopic (exact) mass is 450 g/mol. The van der Waals surface area contributed by atoms with E-state index in [9.17, 15) is 13.2 Å². The van der Waals surface area contributed by atoms with E-state index in [1.165, 1.54) is 16.2 Å². The molecule has 0 radical (unpaired) electrons. The lowest BCUT2D eigenvalue weighted by atomic mass is 10.2. The van der Waals surface area contributed by atoms with Crippen molar-refractivity contribution in [3.8, 4) is 0 Å². The van der Waals surface area contributed by atoms with E-state index in [0.717, 1.165) is 23.9 Å². The van der Waals surface area contributed by atoms with Crippen LogP contribution in [0.25, 0.3) is 0 Å². The highest BCUT2D eigenvalue weighted by molar-refractivity contribution is 7.89. The van der Waals surface area contributed by atoms with Gasteiger partial charge in [-0.05, 0) is 19.4 Å². The maximum absolute atomic E-state index is 12.3. The van der Waals surface area contributed by atoms with E-state index >= 15 is 0 Å². The maximum Gasteiger partial charge on any atom is 0.284 e. The number of carbonyl (C=O) groups is 1. The number of anilines is 1. The van der Waals surface area contributed by atoms with Gasteiger partial charge in [-0.2, -0.15) is 0 Å². The summed E-state index contributed by atoms with van der Waals surface area (Å²) in [4.78, 5) is 25.1. The molecule has 1 aromatic carbocycles. The molecule has 0 unspecified atom stereocenters. The predicted molar refractivity (Wildman–Crippen MR) is 117 cm³/mol. The zero-order valence-electron chi connectivity index (χ0n) is 16.4. The fourth-order valence-corrected chi connectivity index (χ4v) is 4.93. The van der Waals surface area contributed by atoms with Crippen LogP contribution in [0.15, 0.2) is 35.8 Å². The molecule has 0 saturated carbocycles. The summed E-state index contributed by atoms with van der Waals surface area (Å²) in [5, 5.41) is 0.687. The van der Waals surface area contributed by atoms with Crippen LogP contribution in [0.3, 0.4) is 0 Å². The first-order valence-electron chi connectivity index (χ1n) is 8.90. The average Bonchev–Trinajstić information content (AvgIpc) is 3.23. The zero-order valence-corrected chi connectivity index (χ0v) is 18.8. The van der Waals surface area contributed by atoms with Gasteiger partial charge in [-0.15, -0.1) is 22.7 Å². The molecule has 0 aliphatic rings. The summed E-state index contributed by atoms with van der Waals surface area (Å²) in [6.07, 6.45) is 1.76. The van der Waals surface area contributed by atoms with Crippen molar-refractivity contribution in [3.05, 3.63) is 62.5 Å². The van der Waals surface area contributed by atoms with Gasteiger partial charge >= 0.3 is 0 Å². The van der Waals surface area contributed by atoms with Crippen LogP contribution >= 0.6 is 22.7 Å². The summed E-state index contributed by atoms with van der Waals surface area (Å²) in [6, 6.07) is 10.0. The third-order valence-electron chi connectivity index (χ3n) is 4.22. The van der Waals surface area contributed by atoms with Crippen molar-refractivity contribution in [2.45, 2.75) is 26.8 Å². The van der Waals surface area contributed by atoms with Crippen LogP contribution in [0.5, 0.6) is 0 Å².